The lowest BCUT2D eigenvalue weighted by atomic mass is 9.66. The van der Waals surface area contributed by atoms with Crippen LogP contribution in [0.15, 0.2) is 0 Å². The van der Waals surface area contributed by atoms with Crippen molar-refractivity contribution in [3.63, 3.8) is 0 Å². The van der Waals surface area contributed by atoms with Crippen molar-refractivity contribution in [1.82, 2.24) is 9.80 Å². The average molecular weight is 226 g/mol. The van der Waals surface area contributed by atoms with E-state index in [4.69, 9.17) is 5.11 Å². The lowest BCUT2D eigenvalue weighted by molar-refractivity contribution is -0.145. The summed E-state index contributed by atoms with van der Waals surface area (Å²) in [5, 5.41) is 9.05. The van der Waals surface area contributed by atoms with E-state index in [1.165, 1.54) is 0 Å². The van der Waals surface area contributed by atoms with Gasteiger partial charge in [0.25, 0.3) is 0 Å². The molecule has 1 aliphatic heterocycles. The smallest absolute Gasteiger partial charge is 0.305 e. The van der Waals surface area contributed by atoms with Gasteiger partial charge in [0.2, 0.25) is 0 Å². The number of carboxylic acid groups (broad SMARTS) is 1. The Morgan fingerprint density at radius 2 is 1.88 bits per heavy atom. The zero-order chi connectivity index (χ0) is 11.8. The van der Waals surface area contributed by atoms with Crippen molar-refractivity contribution in [2.75, 3.05) is 33.2 Å². The summed E-state index contributed by atoms with van der Waals surface area (Å²) in [7, 11) is 2.13. The third-order valence-electron chi connectivity index (χ3n) is 4.11. The first kappa shape index (κ1) is 11.9. The molecule has 0 aromatic carbocycles. The van der Waals surface area contributed by atoms with E-state index in [2.05, 4.69) is 23.8 Å². The molecule has 2 rings (SSSR count). The van der Waals surface area contributed by atoms with Crippen molar-refractivity contribution in [3.8, 4) is 0 Å². The maximum absolute atomic E-state index is 11.0. The van der Waals surface area contributed by atoms with E-state index in [0.29, 0.717) is 12.3 Å². The van der Waals surface area contributed by atoms with Gasteiger partial charge in [-0.05, 0) is 25.8 Å². The van der Waals surface area contributed by atoms with Crippen molar-refractivity contribution < 1.29 is 9.90 Å². The molecule has 1 aliphatic carbocycles. The molecule has 92 valence electrons. The Morgan fingerprint density at radius 1 is 1.31 bits per heavy atom. The van der Waals surface area contributed by atoms with Crippen molar-refractivity contribution in [1.29, 1.82) is 0 Å². The summed E-state index contributed by atoms with van der Waals surface area (Å²) in [4.78, 5) is 15.7. The van der Waals surface area contributed by atoms with E-state index in [-0.39, 0.29) is 5.54 Å². The fourth-order valence-corrected chi connectivity index (χ4v) is 3.31. The Hall–Kier alpha value is -0.610. The van der Waals surface area contributed by atoms with E-state index < -0.39 is 5.97 Å². The van der Waals surface area contributed by atoms with Crippen LogP contribution in [-0.2, 0) is 4.79 Å². The second-order valence-corrected chi connectivity index (χ2v) is 5.60. The summed E-state index contributed by atoms with van der Waals surface area (Å²) >= 11 is 0. The number of nitrogens with zero attached hydrogens (tertiary/aromatic N) is 2. The first-order chi connectivity index (χ1) is 7.52. The van der Waals surface area contributed by atoms with Crippen LogP contribution in [0.1, 0.15) is 26.2 Å². The summed E-state index contributed by atoms with van der Waals surface area (Å²) in [6.45, 7) is 6.40. The van der Waals surface area contributed by atoms with Crippen LogP contribution in [0, 0.1) is 5.92 Å². The maximum atomic E-state index is 11.0. The van der Waals surface area contributed by atoms with E-state index in [1.54, 1.807) is 0 Å². The monoisotopic (exact) mass is 226 g/mol. The summed E-state index contributed by atoms with van der Waals surface area (Å²) < 4.78 is 0. The van der Waals surface area contributed by atoms with Crippen LogP contribution in [0.5, 0.6) is 0 Å². The Kier molecular flexibility index (Phi) is 3.22. The minimum Gasteiger partial charge on any atom is -0.481 e. The highest BCUT2D eigenvalue weighted by Gasteiger charge is 2.48. The van der Waals surface area contributed by atoms with Gasteiger partial charge in [-0.3, -0.25) is 9.69 Å². The molecule has 0 aromatic heterocycles. The number of hydrogen-bond donors (Lipinski definition) is 1. The number of carbonyl (C=O) groups is 1. The molecular weight excluding hydrogens is 204 g/mol. The minimum absolute atomic E-state index is 0.0213. The summed E-state index contributed by atoms with van der Waals surface area (Å²) in [6, 6.07) is 0. The van der Waals surface area contributed by atoms with Crippen LogP contribution in [0.4, 0.5) is 0 Å². The van der Waals surface area contributed by atoms with Crippen LogP contribution >= 0.6 is 0 Å². The molecule has 0 bridgehead atoms. The molecule has 0 amide bonds. The molecule has 0 spiro atoms. The van der Waals surface area contributed by atoms with E-state index in [0.717, 1.165) is 39.0 Å². The largest absolute Gasteiger partial charge is 0.481 e. The summed E-state index contributed by atoms with van der Waals surface area (Å²) in [5.74, 6) is 0.0461. The fraction of sp³-hybridized carbons (Fsp3) is 0.917. The lowest BCUT2D eigenvalue weighted by Gasteiger charge is -2.55. The molecule has 0 unspecified atom stereocenters. The zero-order valence-electron chi connectivity index (χ0n) is 10.3. The van der Waals surface area contributed by atoms with E-state index in [9.17, 15) is 4.79 Å². The molecule has 1 saturated carbocycles. The molecule has 1 N–H and O–H groups in total. The normalized spacial score (nSPS) is 37.0. The van der Waals surface area contributed by atoms with Crippen LogP contribution in [0.25, 0.3) is 0 Å². The van der Waals surface area contributed by atoms with Crippen molar-refractivity contribution in [2.45, 2.75) is 31.7 Å². The van der Waals surface area contributed by atoms with E-state index >= 15 is 0 Å². The Balaban J connectivity index is 1.99. The van der Waals surface area contributed by atoms with Gasteiger partial charge in [0.05, 0.1) is 6.42 Å². The summed E-state index contributed by atoms with van der Waals surface area (Å²) in [6.07, 6.45) is 2.44. The Labute approximate surface area is 97.2 Å². The molecule has 1 saturated heterocycles. The van der Waals surface area contributed by atoms with Crippen molar-refractivity contribution in [2.24, 2.45) is 5.92 Å². The third-order valence-corrected chi connectivity index (χ3v) is 4.11. The quantitative estimate of drug-likeness (QED) is 0.776. The van der Waals surface area contributed by atoms with Gasteiger partial charge in [-0.2, -0.15) is 0 Å². The molecule has 0 atom stereocenters. The first-order valence-corrected chi connectivity index (χ1v) is 6.17. The van der Waals surface area contributed by atoms with Gasteiger partial charge in [-0.25, -0.2) is 0 Å². The van der Waals surface area contributed by atoms with Crippen LogP contribution in [0.3, 0.4) is 0 Å². The van der Waals surface area contributed by atoms with E-state index in [1.807, 2.05) is 0 Å². The lowest BCUT2D eigenvalue weighted by Crippen LogP contribution is -2.62. The van der Waals surface area contributed by atoms with Gasteiger partial charge < -0.3 is 10.0 Å². The fourth-order valence-electron chi connectivity index (χ4n) is 3.31. The number of carboxylic acids is 1. The SMILES string of the molecule is CC1CC(CC(=O)O)(N2CCN(C)CC2)C1. The highest BCUT2D eigenvalue weighted by Crippen LogP contribution is 2.45. The maximum Gasteiger partial charge on any atom is 0.305 e. The molecule has 2 fully saturated rings. The standard InChI is InChI=1S/C12H22N2O2/c1-10-7-12(8-10,9-11(15)16)14-5-3-13(2)4-6-14/h10H,3-9H2,1-2H3,(H,15,16). The van der Waals surface area contributed by atoms with Gasteiger partial charge in [-0.15, -0.1) is 0 Å². The molecule has 0 radical (unpaired) electrons. The highest BCUT2D eigenvalue weighted by atomic mass is 16.4. The number of piperazine rings is 1. The van der Waals surface area contributed by atoms with Gasteiger partial charge in [-0.1, -0.05) is 6.92 Å². The average Bonchev–Trinajstić information content (AvgIpc) is 2.15. The van der Waals surface area contributed by atoms with Crippen LogP contribution < -0.4 is 0 Å². The summed E-state index contributed by atoms with van der Waals surface area (Å²) in [5.41, 5.74) is -0.0213. The topological polar surface area (TPSA) is 43.8 Å². The van der Waals surface area contributed by atoms with Gasteiger partial charge in [0, 0.05) is 31.7 Å². The van der Waals surface area contributed by atoms with Crippen LogP contribution in [-0.4, -0.2) is 59.6 Å². The molecule has 0 aromatic rings. The molecule has 2 aliphatic rings. The number of aliphatic carboxylic acids is 1. The van der Waals surface area contributed by atoms with Crippen molar-refractivity contribution >= 4 is 5.97 Å². The highest BCUT2D eigenvalue weighted by molar-refractivity contribution is 5.68. The predicted octanol–water partition coefficient (Wildman–Crippen LogP) is 0.877. The molecular formula is C12H22N2O2. The molecule has 4 heteroatoms. The second-order valence-electron chi connectivity index (χ2n) is 5.60. The first-order valence-electron chi connectivity index (χ1n) is 6.17. The molecule has 4 nitrogen and oxygen atoms in total. The predicted molar refractivity (Wildman–Crippen MR) is 62.5 cm³/mol. The zero-order valence-corrected chi connectivity index (χ0v) is 10.3. The minimum atomic E-state index is -0.647. The van der Waals surface area contributed by atoms with Crippen molar-refractivity contribution in [3.05, 3.63) is 0 Å². The molecule has 1 heterocycles. The second kappa shape index (κ2) is 4.34. The number of hydrogen-bond acceptors (Lipinski definition) is 3. The Bertz CT molecular complexity index is 266. The number of likely N-dealkylation sites (N-methyl/N-ethyl adjacent to an activating group) is 1. The Morgan fingerprint density at radius 3 is 2.31 bits per heavy atom. The van der Waals surface area contributed by atoms with Gasteiger partial charge in [0.1, 0.15) is 0 Å². The third kappa shape index (κ3) is 2.23. The number of rotatable bonds is 3. The molecule has 16 heavy (non-hydrogen) atoms. The van der Waals surface area contributed by atoms with Gasteiger partial charge in [0.15, 0.2) is 0 Å². The van der Waals surface area contributed by atoms with Crippen LogP contribution in [0.2, 0.25) is 0 Å². The van der Waals surface area contributed by atoms with Gasteiger partial charge >= 0.3 is 5.97 Å².